The van der Waals surface area contributed by atoms with E-state index in [9.17, 15) is 0 Å². The lowest BCUT2D eigenvalue weighted by Gasteiger charge is -2.13. The third kappa shape index (κ3) is 2.19. The van der Waals surface area contributed by atoms with E-state index in [0.29, 0.717) is 8.83 Å². The molecule has 2 radical (unpaired) electrons. The normalized spacial score (nSPS) is 45.4. The van der Waals surface area contributed by atoms with Crippen LogP contribution in [0.1, 0.15) is 25.7 Å². The highest BCUT2D eigenvalue weighted by Gasteiger charge is 2.37. The molecule has 4 rings (SSSR count). The van der Waals surface area contributed by atoms with Crippen LogP contribution >= 0.6 is 11.1 Å². The molecular formula is C18H21ClSi. The van der Waals surface area contributed by atoms with Crippen molar-refractivity contribution in [3.63, 3.8) is 0 Å². The molecule has 104 valence electrons. The summed E-state index contributed by atoms with van der Waals surface area (Å²) in [5.74, 6) is 4.69. The van der Waals surface area contributed by atoms with Crippen LogP contribution in [-0.4, -0.2) is 8.83 Å². The average Bonchev–Trinajstić information content (AvgIpc) is 3.24. The van der Waals surface area contributed by atoms with Gasteiger partial charge in [-0.3, -0.25) is 0 Å². The number of rotatable bonds is 4. The lowest BCUT2D eigenvalue weighted by molar-refractivity contribution is 0.528. The molecular weight excluding hydrogens is 280 g/mol. The maximum atomic E-state index is 6.21. The highest BCUT2D eigenvalue weighted by atomic mass is 35.6. The minimum Gasteiger partial charge on any atom is -0.165 e. The van der Waals surface area contributed by atoms with Crippen molar-refractivity contribution in [1.29, 1.82) is 0 Å². The topological polar surface area (TPSA) is 0 Å². The number of hydrogen-bond acceptors (Lipinski definition) is 0. The second-order valence-corrected chi connectivity index (χ2v) is 8.14. The van der Waals surface area contributed by atoms with Gasteiger partial charge in [-0.15, -0.1) is 0 Å². The third-order valence-electron chi connectivity index (χ3n) is 5.83. The Morgan fingerprint density at radius 3 is 1.80 bits per heavy atom. The number of hydrogen-bond donors (Lipinski definition) is 0. The van der Waals surface area contributed by atoms with Crippen LogP contribution in [0.5, 0.6) is 0 Å². The van der Waals surface area contributed by atoms with Gasteiger partial charge in [0.15, 0.2) is 0 Å². The Kier molecular flexibility index (Phi) is 3.51. The first-order valence-electron chi connectivity index (χ1n) is 7.98. The molecule has 0 N–H and O–H groups in total. The van der Waals surface area contributed by atoms with E-state index < -0.39 is 0 Å². The van der Waals surface area contributed by atoms with Crippen molar-refractivity contribution in [1.82, 2.24) is 0 Å². The van der Waals surface area contributed by atoms with Crippen molar-refractivity contribution in [2.75, 3.05) is 0 Å². The number of halogens is 1. The van der Waals surface area contributed by atoms with E-state index in [2.05, 4.69) is 42.5 Å². The van der Waals surface area contributed by atoms with Crippen molar-refractivity contribution in [3.05, 3.63) is 47.7 Å². The Morgan fingerprint density at radius 2 is 1.35 bits per heavy atom. The largest absolute Gasteiger partial charge is 0.210 e. The van der Waals surface area contributed by atoms with Gasteiger partial charge in [-0.1, -0.05) is 42.5 Å². The van der Waals surface area contributed by atoms with Crippen LogP contribution in [0.2, 0.25) is 0 Å². The maximum absolute atomic E-state index is 6.21. The zero-order valence-electron chi connectivity index (χ0n) is 11.7. The molecule has 20 heavy (non-hydrogen) atoms. The molecule has 2 fully saturated rings. The smallest absolute Gasteiger partial charge is 0.165 e. The molecule has 0 aromatic heterocycles. The fourth-order valence-electron chi connectivity index (χ4n) is 4.72. The standard InChI is InChI=1S/C18H21ClSi/c19-20-16(11-18-14-5-6-15(18)8-7-14)9-10-17-12-1-2-13(17)4-3-12/h1-2,5-6,9-15,17-18H,3-4,7-8H2. The molecule has 0 spiro atoms. The lowest BCUT2D eigenvalue weighted by Crippen LogP contribution is -2.06. The zero-order valence-corrected chi connectivity index (χ0v) is 13.5. The number of allylic oxidation sites excluding steroid dienone is 8. The van der Waals surface area contributed by atoms with E-state index >= 15 is 0 Å². The van der Waals surface area contributed by atoms with Crippen LogP contribution in [0.3, 0.4) is 0 Å². The monoisotopic (exact) mass is 300 g/mol. The van der Waals surface area contributed by atoms with E-state index in [1.807, 2.05) is 0 Å². The molecule has 4 bridgehead atoms. The fourth-order valence-corrected chi connectivity index (χ4v) is 5.51. The number of fused-ring (bicyclic) bond motifs is 4. The first-order valence-corrected chi connectivity index (χ1v) is 9.99. The fraction of sp³-hybridized carbons (Fsp3) is 0.556. The van der Waals surface area contributed by atoms with Crippen LogP contribution < -0.4 is 0 Å². The van der Waals surface area contributed by atoms with Crippen molar-refractivity contribution in [2.24, 2.45) is 35.5 Å². The predicted octanol–water partition coefficient (Wildman–Crippen LogP) is 4.71. The van der Waals surface area contributed by atoms with Crippen molar-refractivity contribution in [3.8, 4) is 0 Å². The first-order chi connectivity index (χ1) is 9.85. The van der Waals surface area contributed by atoms with Crippen LogP contribution in [-0.2, 0) is 0 Å². The summed E-state index contributed by atoms with van der Waals surface area (Å²) < 4.78 is 0. The van der Waals surface area contributed by atoms with E-state index in [-0.39, 0.29) is 0 Å². The van der Waals surface area contributed by atoms with Crippen LogP contribution in [0.15, 0.2) is 47.7 Å². The summed E-state index contributed by atoms with van der Waals surface area (Å²) in [5.41, 5.74) is 0. The van der Waals surface area contributed by atoms with Gasteiger partial charge in [-0.25, -0.2) is 0 Å². The van der Waals surface area contributed by atoms with Crippen molar-refractivity contribution >= 4 is 19.9 Å². The summed E-state index contributed by atoms with van der Waals surface area (Å²) >= 11 is 6.21. The molecule has 4 aliphatic carbocycles. The molecule has 0 nitrogen and oxygen atoms in total. The SMILES string of the molecule is Cl[Si]C(C=CC1C2C=CC1CC2)=CC1C2C=CC1CC2. The Hall–Kier alpha value is -0.533. The average molecular weight is 301 g/mol. The minimum absolute atomic E-state index is 0.409. The molecule has 0 saturated heterocycles. The Balaban J connectivity index is 1.46. The summed E-state index contributed by atoms with van der Waals surface area (Å²) in [7, 11) is 0.409. The molecule has 0 amide bonds. The van der Waals surface area contributed by atoms with Gasteiger partial charge in [0.2, 0.25) is 8.83 Å². The molecule has 0 heterocycles. The Labute approximate surface area is 129 Å². The Morgan fingerprint density at radius 1 is 0.850 bits per heavy atom. The van der Waals surface area contributed by atoms with Gasteiger partial charge in [-0.05, 0) is 66.4 Å². The van der Waals surface area contributed by atoms with Crippen LogP contribution in [0.4, 0.5) is 0 Å². The second kappa shape index (κ2) is 5.34. The molecule has 4 aliphatic rings. The predicted molar refractivity (Wildman–Crippen MR) is 86.5 cm³/mol. The highest BCUT2D eigenvalue weighted by molar-refractivity contribution is 6.98. The lowest BCUT2D eigenvalue weighted by atomic mass is 9.94. The first kappa shape index (κ1) is 13.2. The van der Waals surface area contributed by atoms with Crippen LogP contribution in [0.25, 0.3) is 0 Å². The second-order valence-electron chi connectivity index (χ2n) is 6.81. The van der Waals surface area contributed by atoms with Gasteiger partial charge < -0.3 is 0 Å². The zero-order chi connectivity index (χ0) is 13.5. The molecule has 2 heteroatoms. The molecule has 2 saturated carbocycles. The summed E-state index contributed by atoms with van der Waals surface area (Å²) in [6.07, 6.45) is 22.5. The third-order valence-corrected chi connectivity index (χ3v) is 7.04. The van der Waals surface area contributed by atoms with Gasteiger partial charge in [0, 0.05) is 0 Å². The summed E-state index contributed by atoms with van der Waals surface area (Å²) in [6.45, 7) is 0. The maximum Gasteiger partial charge on any atom is 0.210 e. The van der Waals surface area contributed by atoms with E-state index in [1.54, 1.807) is 0 Å². The van der Waals surface area contributed by atoms with Gasteiger partial charge in [0.25, 0.3) is 0 Å². The van der Waals surface area contributed by atoms with E-state index in [0.717, 1.165) is 35.5 Å². The van der Waals surface area contributed by atoms with E-state index in [1.165, 1.54) is 30.9 Å². The van der Waals surface area contributed by atoms with Crippen LogP contribution in [0, 0.1) is 35.5 Å². The molecule has 4 atom stereocenters. The minimum atomic E-state index is 0.409. The molecule has 0 aromatic rings. The van der Waals surface area contributed by atoms with Gasteiger partial charge in [-0.2, -0.15) is 11.1 Å². The van der Waals surface area contributed by atoms with Crippen molar-refractivity contribution < 1.29 is 0 Å². The highest BCUT2D eigenvalue weighted by Crippen LogP contribution is 2.46. The van der Waals surface area contributed by atoms with Gasteiger partial charge in [0.1, 0.15) is 0 Å². The molecule has 4 unspecified atom stereocenters. The summed E-state index contributed by atoms with van der Waals surface area (Å²) in [6, 6.07) is 0. The summed E-state index contributed by atoms with van der Waals surface area (Å²) in [4.78, 5) is 0. The molecule has 0 aliphatic heterocycles. The van der Waals surface area contributed by atoms with E-state index in [4.69, 9.17) is 11.1 Å². The quantitative estimate of drug-likeness (QED) is 0.305. The van der Waals surface area contributed by atoms with Gasteiger partial charge >= 0.3 is 0 Å². The van der Waals surface area contributed by atoms with Crippen molar-refractivity contribution in [2.45, 2.75) is 25.7 Å². The Bertz CT molecular complexity index is 474. The molecule has 0 aromatic carbocycles. The summed E-state index contributed by atoms with van der Waals surface area (Å²) in [5, 5.41) is 1.36. The van der Waals surface area contributed by atoms with Gasteiger partial charge in [0.05, 0.1) is 0 Å².